The first-order valence-electron chi connectivity index (χ1n) is 5.75. The van der Waals surface area contributed by atoms with Crippen molar-refractivity contribution < 1.29 is 9.47 Å². The number of hydrogen-bond donors (Lipinski definition) is 1. The van der Waals surface area contributed by atoms with E-state index in [0.29, 0.717) is 30.5 Å². The highest BCUT2D eigenvalue weighted by atomic mass is 16.5. The van der Waals surface area contributed by atoms with Crippen LogP contribution in [0.3, 0.4) is 0 Å². The van der Waals surface area contributed by atoms with Crippen LogP contribution in [0.1, 0.15) is 12.5 Å². The summed E-state index contributed by atoms with van der Waals surface area (Å²) in [7, 11) is 0. The van der Waals surface area contributed by atoms with Crippen LogP contribution >= 0.6 is 0 Å². The molecule has 1 aromatic heterocycles. The van der Waals surface area contributed by atoms with Crippen molar-refractivity contribution in [1.29, 1.82) is 0 Å². The molecule has 18 heavy (non-hydrogen) atoms. The highest BCUT2D eigenvalue weighted by molar-refractivity contribution is 5.42. The molecule has 5 heteroatoms. The van der Waals surface area contributed by atoms with Gasteiger partial charge in [0.2, 0.25) is 5.88 Å². The maximum Gasteiger partial charge on any atom is 0.243 e. The van der Waals surface area contributed by atoms with Gasteiger partial charge in [-0.2, -0.15) is 5.10 Å². The molecular weight excluding hydrogens is 230 g/mol. The lowest BCUT2D eigenvalue weighted by molar-refractivity contribution is 0.318. The van der Waals surface area contributed by atoms with E-state index < -0.39 is 0 Å². The van der Waals surface area contributed by atoms with E-state index in [1.807, 2.05) is 31.2 Å². The Hall–Kier alpha value is -2.14. The van der Waals surface area contributed by atoms with E-state index in [1.165, 1.54) is 0 Å². The van der Waals surface area contributed by atoms with E-state index in [2.05, 4.69) is 10.2 Å². The number of nitrogens with zero attached hydrogens (tertiary/aromatic N) is 2. The molecule has 0 saturated heterocycles. The number of ether oxygens (including phenoxy) is 2. The van der Waals surface area contributed by atoms with Gasteiger partial charge in [-0.3, -0.25) is 0 Å². The summed E-state index contributed by atoms with van der Waals surface area (Å²) in [5, 5.41) is 7.73. The van der Waals surface area contributed by atoms with Crippen LogP contribution in [0.5, 0.6) is 17.4 Å². The normalized spacial score (nSPS) is 10.1. The molecule has 0 unspecified atom stereocenters. The Balaban J connectivity index is 2.28. The molecule has 5 nitrogen and oxygen atoms in total. The van der Waals surface area contributed by atoms with Gasteiger partial charge in [-0.15, -0.1) is 5.10 Å². The maximum atomic E-state index is 5.71. The monoisotopic (exact) mass is 245 g/mol. The molecule has 2 rings (SSSR count). The van der Waals surface area contributed by atoms with E-state index in [9.17, 15) is 0 Å². The van der Waals surface area contributed by atoms with E-state index in [4.69, 9.17) is 15.2 Å². The van der Waals surface area contributed by atoms with Crippen LogP contribution in [0.25, 0.3) is 0 Å². The third-order valence-corrected chi connectivity index (χ3v) is 2.34. The SMILES string of the molecule is CCOc1ccccc1Oc1nnccc1CN. The molecule has 1 heterocycles. The molecule has 2 N–H and O–H groups in total. The number of hydrogen-bond acceptors (Lipinski definition) is 5. The Labute approximate surface area is 106 Å². The molecule has 0 bridgehead atoms. The highest BCUT2D eigenvalue weighted by Gasteiger charge is 2.09. The standard InChI is InChI=1S/C13H15N3O2/c1-2-17-11-5-3-4-6-12(11)18-13-10(9-14)7-8-15-16-13/h3-8H,2,9,14H2,1H3. The van der Waals surface area contributed by atoms with Gasteiger partial charge in [-0.1, -0.05) is 12.1 Å². The Bertz CT molecular complexity index is 517. The Morgan fingerprint density at radius 3 is 2.67 bits per heavy atom. The Morgan fingerprint density at radius 1 is 1.17 bits per heavy atom. The highest BCUT2D eigenvalue weighted by Crippen LogP contribution is 2.31. The predicted octanol–water partition coefficient (Wildman–Crippen LogP) is 2.13. The molecule has 94 valence electrons. The van der Waals surface area contributed by atoms with Gasteiger partial charge in [0.25, 0.3) is 0 Å². The second kappa shape index (κ2) is 5.97. The summed E-state index contributed by atoms with van der Waals surface area (Å²) in [5.74, 6) is 1.69. The maximum absolute atomic E-state index is 5.71. The Morgan fingerprint density at radius 2 is 1.94 bits per heavy atom. The van der Waals surface area contributed by atoms with Gasteiger partial charge in [0.05, 0.1) is 12.8 Å². The van der Waals surface area contributed by atoms with E-state index >= 15 is 0 Å². The van der Waals surface area contributed by atoms with Crippen molar-refractivity contribution in [2.45, 2.75) is 13.5 Å². The molecular formula is C13H15N3O2. The number of nitrogens with two attached hydrogens (primary N) is 1. The molecule has 1 aromatic carbocycles. The Kier molecular flexibility index (Phi) is 4.09. The quantitative estimate of drug-likeness (QED) is 0.873. The van der Waals surface area contributed by atoms with Crippen LogP contribution in [-0.4, -0.2) is 16.8 Å². The van der Waals surface area contributed by atoms with Gasteiger partial charge >= 0.3 is 0 Å². The van der Waals surface area contributed by atoms with Crippen LogP contribution in [0.4, 0.5) is 0 Å². The average Bonchev–Trinajstić information content (AvgIpc) is 2.42. The predicted molar refractivity (Wildman–Crippen MR) is 67.6 cm³/mol. The minimum atomic E-state index is 0.349. The van der Waals surface area contributed by atoms with Gasteiger partial charge in [0.1, 0.15) is 0 Å². The molecule has 0 amide bonds. The van der Waals surface area contributed by atoms with Crippen molar-refractivity contribution in [3.63, 3.8) is 0 Å². The molecule has 0 saturated carbocycles. The lowest BCUT2D eigenvalue weighted by Crippen LogP contribution is -2.03. The summed E-state index contributed by atoms with van der Waals surface area (Å²) in [4.78, 5) is 0. The largest absolute Gasteiger partial charge is 0.490 e. The summed E-state index contributed by atoms with van der Waals surface area (Å²) in [6.45, 7) is 2.84. The zero-order valence-corrected chi connectivity index (χ0v) is 10.2. The topological polar surface area (TPSA) is 70.3 Å². The molecule has 0 atom stereocenters. The summed E-state index contributed by atoms with van der Waals surface area (Å²) < 4.78 is 11.2. The van der Waals surface area contributed by atoms with Crippen molar-refractivity contribution in [3.05, 3.63) is 42.1 Å². The van der Waals surface area contributed by atoms with E-state index in [1.54, 1.807) is 12.3 Å². The first kappa shape index (κ1) is 12.3. The summed E-state index contributed by atoms with van der Waals surface area (Å²) in [6.07, 6.45) is 1.59. The fourth-order valence-electron chi connectivity index (χ4n) is 1.50. The lowest BCUT2D eigenvalue weighted by atomic mass is 10.3. The fraction of sp³-hybridized carbons (Fsp3) is 0.231. The van der Waals surface area contributed by atoms with Crippen LogP contribution in [-0.2, 0) is 6.54 Å². The van der Waals surface area contributed by atoms with Crippen LogP contribution in [0.15, 0.2) is 36.5 Å². The van der Waals surface area contributed by atoms with Crippen molar-refractivity contribution in [3.8, 4) is 17.4 Å². The van der Waals surface area contributed by atoms with E-state index in [-0.39, 0.29) is 0 Å². The number of para-hydroxylation sites is 2. The third-order valence-electron chi connectivity index (χ3n) is 2.34. The second-order valence-corrected chi connectivity index (χ2v) is 3.55. The third kappa shape index (κ3) is 2.75. The average molecular weight is 245 g/mol. The number of benzene rings is 1. The number of rotatable bonds is 5. The van der Waals surface area contributed by atoms with Crippen LogP contribution in [0.2, 0.25) is 0 Å². The number of aromatic nitrogens is 2. The molecule has 2 aromatic rings. The minimum absolute atomic E-state index is 0.349. The van der Waals surface area contributed by atoms with Crippen molar-refractivity contribution in [2.75, 3.05) is 6.61 Å². The van der Waals surface area contributed by atoms with Gasteiger partial charge in [0.15, 0.2) is 11.5 Å². The minimum Gasteiger partial charge on any atom is -0.490 e. The molecule has 0 aliphatic carbocycles. The first-order chi connectivity index (χ1) is 8.85. The summed E-state index contributed by atoms with van der Waals surface area (Å²) in [5.41, 5.74) is 6.42. The lowest BCUT2D eigenvalue weighted by Gasteiger charge is -2.11. The van der Waals surface area contributed by atoms with Crippen LogP contribution in [0, 0.1) is 0 Å². The van der Waals surface area contributed by atoms with Crippen molar-refractivity contribution in [1.82, 2.24) is 10.2 Å². The molecule has 0 fully saturated rings. The summed E-state index contributed by atoms with van der Waals surface area (Å²) in [6, 6.07) is 9.21. The smallest absolute Gasteiger partial charge is 0.243 e. The van der Waals surface area contributed by atoms with Gasteiger partial charge in [0, 0.05) is 12.1 Å². The molecule has 0 aliphatic heterocycles. The van der Waals surface area contributed by atoms with Gasteiger partial charge < -0.3 is 15.2 Å². The van der Waals surface area contributed by atoms with Crippen molar-refractivity contribution in [2.24, 2.45) is 5.73 Å². The van der Waals surface area contributed by atoms with Gasteiger partial charge in [-0.25, -0.2) is 0 Å². The fourth-order valence-corrected chi connectivity index (χ4v) is 1.50. The molecule has 0 aliphatic rings. The zero-order chi connectivity index (χ0) is 12.8. The second-order valence-electron chi connectivity index (χ2n) is 3.55. The zero-order valence-electron chi connectivity index (χ0n) is 10.2. The van der Waals surface area contributed by atoms with Crippen molar-refractivity contribution >= 4 is 0 Å². The molecule has 0 spiro atoms. The van der Waals surface area contributed by atoms with Crippen LogP contribution < -0.4 is 15.2 Å². The van der Waals surface area contributed by atoms with E-state index in [0.717, 1.165) is 5.56 Å². The molecule has 0 radical (unpaired) electrons. The summed E-state index contributed by atoms with van der Waals surface area (Å²) >= 11 is 0. The van der Waals surface area contributed by atoms with Gasteiger partial charge in [-0.05, 0) is 25.1 Å². The first-order valence-corrected chi connectivity index (χ1v) is 5.75.